The summed E-state index contributed by atoms with van der Waals surface area (Å²) in [7, 11) is 0. The minimum Gasteiger partial charge on any atom is -0.377 e. The molecule has 2 aromatic heterocycles. The zero-order valence-corrected chi connectivity index (χ0v) is 24.7. The van der Waals surface area contributed by atoms with E-state index >= 15 is 0 Å². The van der Waals surface area contributed by atoms with Gasteiger partial charge >= 0.3 is 6.18 Å². The average molecular weight is 608 g/mol. The number of nitrogens with one attached hydrogen (secondary N) is 1. The number of alkyl halides is 3. The fourth-order valence-electron chi connectivity index (χ4n) is 6.32. The SMILES string of the molecule is C[C@@H]1COCCN1c1cc(=O)n2c(n1)N(CC(=O)C1CCCCC1)[C@H](C(F)(F)F)CC2.Cc1cc(=O)n2c(n1)NCCC2. The average Bonchev–Trinajstić information content (AvgIpc) is 2.98. The number of morpholine rings is 1. The zero-order valence-electron chi connectivity index (χ0n) is 24.7. The van der Waals surface area contributed by atoms with Crippen LogP contribution in [0.3, 0.4) is 0 Å². The molecule has 2 aromatic rings. The fraction of sp³-hybridized carbons (Fsp3) is 0.690. The van der Waals surface area contributed by atoms with Crippen LogP contribution in [0.5, 0.6) is 0 Å². The van der Waals surface area contributed by atoms with Gasteiger partial charge in [-0.3, -0.25) is 23.5 Å². The van der Waals surface area contributed by atoms with Crippen LogP contribution in [0.4, 0.5) is 30.9 Å². The van der Waals surface area contributed by atoms with Crippen molar-refractivity contribution < 1.29 is 22.7 Å². The van der Waals surface area contributed by atoms with E-state index in [2.05, 4.69) is 15.3 Å². The van der Waals surface area contributed by atoms with Crippen LogP contribution in [0.1, 0.15) is 57.6 Å². The number of ketones is 1. The van der Waals surface area contributed by atoms with Gasteiger partial charge in [-0.2, -0.15) is 18.2 Å². The second-order valence-corrected chi connectivity index (χ2v) is 11.8. The molecule has 0 radical (unpaired) electrons. The first kappa shape index (κ1) is 31.0. The van der Waals surface area contributed by atoms with E-state index in [1.807, 2.05) is 18.7 Å². The third-order valence-electron chi connectivity index (χ3n) is 8.64. The first-order chi connectivity index (χ1) is 20.5. The van der Waals surface area contributed by atoms with Crippen molar-refractivity contribution in [2.75, 3.05) is 48.0 Å². The first-order valence-corrected chi connectivity index (χ1v) is 15.2. The van der Waals surface area contributed by atoms with E-state index in [9.17, 15) is 27.6 Å². The summed E-state index contributed by atoms with van der Waals surface area (Å²) in [5, 5.41) is 3.10. The number of aromatic nitrogens is 4. The fourth-order valence-corrected chi connectivity index (χ4v) is 6.32. The van der Waals surface area contributed by atoms with Gasteiger partial charge in [-0.05, 0) is 39.5 Å². The van der Waals surface area contributed by atoms with Crippen molar-refractivity contribution in [3.05, 3.63) is 38.5 Å². The molecule has 3 aliphatic heterocycles. The van der Waals surface area contributed by atoms with Crippen molar-refractivity contribution in [3.63, 3.8) is 0 Å². The lowest BCUT2D eigenvalue weighted by Crippen LogP contribution is -2.55. The summed E-state index contributed by atoms with van der Waals surface area (Å²) in [5.74, 6) is 0.587. The van der Waals surface area contributed by atoms with E-state index in [-0.39, 0.29) is 48.8 Å². The van der Waals surface area contributed by atoms with Gasteiger partial charge in [-0.15, -0.1) is 0 Å². The molecule has 0 unspecified atom stereocenters. The molecule has 4 aliphatic rings. The van der Waals surface area contributed by atoms with E-state index in [0.29, 0.717) is 31.5 Å². The maximum Gasteiger partial charge on any atom is 0.408 e. The van der Waals surface area contributed by atoms with E-state index in [1.165, 1.54) is 10.6 Å². The molecular formula is C29H40F3N7O4. The van der Waals surface area contributed by atoms with Gasteiger partial charge in [0.1, 0.15) is 11.9 Å². The Bertz CT molecular complexity index is 1420. The number of ether oxygens (including phenoxy) is 1. The maximum absolute atomic E-state index is 13.9. The summed E-state index contributed by atoms with van der Waals surface area (Å²) in [6.45, 7) is 6.42. The molecule has 1 N–H and O–H groups in total. The van der Waals surface area contributed by atoms with E-state index in [0.717, 1.165) is 62.2 Å². The summed E-state index contributed by atoms with van der Waals surface area (Å²) in [4.78, 5) is 48.7. The van der Waals surface area contributed by atoms with Gasteiger partial charge in [0, 0.05) is 49.9 Å². The highest BCUT2D eigenvalue weighted by atomic mass is 19.4. The molecule has 14 heteroatoms. The van der Waals surface area contributed by atoms with Gasteiger partial charge < -0.3 is 19.9 Å². The lowest BCUT2D eigenvalue weighted by atomic mass is 9.86. The summed E-state index contributed by atoms with van der Waals surface area (Å²) in [6.07, 6.45) is 0.543. The molecule has 1 aliphatic carbocycles. The Labute approximate surface area is 248 Å². The van der Waals surface area contributed by atoms with Crippen LogP contribution in [0, 0.1) is 12.8 Å². The largest absolute Gasteiger partial charge is 0.408 e. The first-order valence-electron chi connectivity index (χ1n) is 15.2. The second kappa shape index (κ2) is 13.1. The number of aryl methyl sites for hydroxylation is 1. The van der Waals surface area contributed by atoms with Crippen LogP contribution in [-0.4, -0.2) is 76.0 Å². The molecular weight excluding hydrogens is 567 g/mol. The molecule has 1 saturated carbocycles. The third-order valence-corrected chi connectivity index (χ3v) is 8.64. The molecule has 0 spiro atoms. The summed E-state index contributed by atoms with van der Waals surface area (Å²) in [5.41, 5.74) is 0.430. The standard InChI is InChI=1S/C21H29F3N4O3.C8H11N3O/c1-14-13-31-10-9-26(14)18-11-19(30)27-8-7-17(21(22,23)24)28(20(27)25-18)12-16(29)15-5-3-2-4-6-15;1-6-5-7(12)11-4-2-3-9-8(11)10-6/h11,14-15,17H,2-10,12-13H2,1H3;5H,2-4H2,1H3,(H,9,10)/t14-,17+;/m1./s1. The Morgan fingerprint density at radius 3 is 2.47 bits per heavy atom. The number of nitrogens with zero attached hydrogens (tertiary/aromatic N) is 6. The highest BCUT2D eigenvalue weighted by Gasteiger charge is 2.48. The topological polar surface area (TPSA) is 115 Å². The second-order valence-electron chi connectivity index (χ2n) is 11.8. The molecule has 0 bridgehead atoms. The van der Waals surface area contributed by atoms with Crippen molar-refractivity contribution in [2.45, 2.75) is 90.1 Å². The lowest BCUT2D eigenvalue weighted by molar-refractivity contribution is -0.153. The normalized spacial score (nSPS) is 22.5. The van der Waals surface area contributed by atoms with Gasteiger partial charge in [-0.1, -0.05) is 19.3 Å². The quantitative estimate of drug-likeness (QED) is 0.560. The van der Waals surface area contributed by atoms with E-state index in [1.54, 1.807) is 10.6 Å². The summed E-state index contributed by atoms with van der Waals surface area (Å²) < 4.78 is 50.1. The number of hydrogen-bond donors (Lipinski definition) is 1. The van der Waals surface area contributed by atoms with Crippen molar-refractivity contribution >= 4 is 23.5 Å². The number of hydrogen-bond acceptors (Lipinski definition) is 9. The van der Waals surface area contributed by atoms with Gasteiger partial charge in [-0.25, -0.2) is 4.98 Å². The molecule has 0 aromatic carbocycles. The molecule has 11 nitrogen and oxygen atoms in total. The lowest BCUT2D eigenvalue weighted by Gasteiger charge is -2.40. The molecule has 1 saturated heterocycles. The molecule has 43 heavy (non-hydrogen) atoms. The Morgan fingerprint density at radius 2 is 1.74 bits per heavy atom. The maximum atomic E-state index is 13.9. The number of halogens is 3. The molecule has 2 atom stereocenters. The minimum absolute atomic E-state index is 0.0460. The van der Waals surface area contributed by atoms with Crippen LogP contribution in [-0.2, 0) is 22.6 Å². The molecule has 0 amide bonds. The van der Waals surface area contributed by atoms with Crippen LogP contribution in [0.2, 0.25) is 0 Å². The van der Waals surface area contributed by atoms with E-state index < -0.39 is 17.8 Å². The third kappa shape index (κ3) is 7.05. The number of fused-ring (bicyclic) bond motifs is 2. The predicted octanol–water partition coefficient (Wildman–Crippen LogP) is 3.13. The number of Topliss-reactive ketones (excluding diaryl/α,β-unsaturated/α-hetero) is 1. The number of carbonyl (C=O) groups excluding carboxylic acids is 1. The van der Waals surface area contributed by atoms with Gasteiger partial charge in [0.05, 0.1) is 25.8 Å². The Morgan fingerprint density at radius 1 is 1.00 bits per heavy atom. The van der Waals surface area contributed by atoms with Crippen molar-refractivity contribution in [1.82, 2.24) is 19.1 Å². The summed E-state index contributed by atoms with van der Waals surface area (Å²) >= 11 is 0. The van der Waals surface area contributed by atoms with Crippen molar-refractivity contribution in [3.8, 4) is 0 Å². The molecule has 236 valence electrons. The van der Waals surface area contributed by atoms with Crippen molar-refractivity contribution in [1.29, 1.82) is 0 Å². The monoisotopic (exact) mass is 607 g/mol. The number of carbonyl (C=O) groups is 1. The van der Waals surface area contributed by atoms with Crippen LogP contribution >= 0.6 is 0 Å². The van der Waals surface area contributed by atoms with Gasteiger partial charge in [0.25, 0.3) is 11.1 Å². The zero-order chi connectivity index (χ0) is 30.7. The highest BCUT2D eigenvalue weighted by Crippen LogP contribution is 2.35. The van der Waals surface area contributed by atoms with Crippen LogP contribution < -0.4 is 26.2 Å². The van der Waals surface area contributed by atoms with Gasteiger partial charge in [0.2, 0.25) is 11.9 Å². The molecule has 2 fully saturated rings. The van der Waals surface area contributed by atoms with Crippen LogP contribution in [0.15, 0.2) is 21.7 Å². The number of rotatable bonds is 4. The smallest absolute Gasteiger partial charge is 0.377 e. The minimum atomic E-state index is -4.52. The van der Waals surface area contributed by atoms with Crippen molar-refractivity contribution in [2.24, 2.45) is 5.92 Å². The number of anilines is 3. The van der Waals surface area contributed by atoms with E-state index in [4.69, 9.17) is 4.74 Å². The highest BCUT2D eigenvalue weighted by molar-refractivity contribution is 5.85. The predicted molar refractivity (Wildman–Crippen MR) is 156 cm³/mol. The molecule has 6 rings (SSSR count). The Kier molecular flexibility index (Phi) is 9.42. The van der Waals surface area contributed by atoms with Crippen LogP contribution in [0.25, 0.3) is 0 Å². The Hall–Kier alpha value is -3.42. The molecule has 5 heterocycles. The summed E-state index contributed by atoms with van der Waals surface area (Å²) in [6, 6.07) is 1.06. The van der Waals surface area contributed by atoms with Gasteiger partial charge in [0.15, 0.2) is 5.78 Å². The Balaban J connectivity index is 0.000000255.